The van der Waals surface area contributed by atoms with E-state index in [1.165, 1.54) is 10.9 Å². The molecule has 1 aromatic heterocycles. The van der Waals surface area contributed by atoms with Crippen molar-refractivity contribution in [1.29, 1.82) is 5.26 Å². The van der Waals surface area contributed by atoms with Gasteiger partial charge in [-0.2, -0.15) is 5.26 Å². The number of rotatable bonds is 4. The molecule has 3 rings (SSSR count). The summed E-state index contributed by atoms with van der Waals surface area (Å²) < 4.78 is 12.6. The Morgan fingerprint density at radius 1 is 1.45 bits per heavy atom. The fraction of sp³-hybridized carbons (Fsp3) is 0.438. The Balaban J connectivity index is 1.70. The van der Waals surface area contributed by atoms with Crippen LogP contribution in [0.2, 0.25) is 0 Å². The minimum atomic E-state index is -0.156. The molecule has 6 heteroatoms. The van der Waals surface area contributed by atoms with E-state index < -0.39 is 0 Å². The van der Waals surface area contributed by atoms with Crippen LogP contribution in [0, 0.1) is 11.3 Å². The van der Waals surface area contributed by atoms with Gasteiger partial charge in [0.1, 0.15) is 0 Å². The van der Waals surface area contributed by atoms with Gasteiger partial charge in [0.2, 0.25) is 0 Å². The van der Waals surface area contributed by atoms with Gasteiger partial charge in [-0.15, -0.1) is 0 Å². The van der Waals surface area contributed by atoms with Gasteiger partial charge in [0.15, 0.2) is 6.29 Å². The molecule has 0 spiro atoms. The molecule has 0 amide bonds. The Morgan fingerprint density at radius 3 is 3.14 bits per heavy atom. The highest BCUT2D eigenvalue weighted by Gasteiger charge is 2.14. The summed E-state index contributed by atoms with van der Waals surface area (Å²) in [6.07, 6.45) is 4.44. The zero-order valence-electron chi connectivity index (χ0n) is 12.2. The maximum atomic E-state index is 12.4. The highest BCUT2D eigenvalue weighted by atomic mass is 16.7. The van der Waals surface area contributed by atoms with Crippen LogP contribution in [0.3, 0.4) is 0 Å². The number of nitrogens with zero attached hydrogens (tertiary/aromatic N) is 3. The van der Waals surface area contributed by atoms with Gasteiger partial charge in [0, 0.05) is 6.61 Å². The van der Waals surface area contributed by atoms with Gasteiger partial charge in [0.25, 0.3) is 5.56 Å². The molecule has 2 aromatic rings. The topological polar surface area (TPSA) is 77.1 Å². The fourth-order valence-electron chi connectivity index (χ4n) is 2.51. The molecule has 0 N–H and O–H groups in total. The predicted molar refractivity (Wildman–Crippen MR) is 80.3 cm³/mol. The van der Waals surface area contributed by atoms with E-state index in [2.05, 4.69) is 4.98 Å². The number of hydrogen-bond donors (Lipinski definition) is 0. The van der Waals surface area contributed by atoms with E-state index in [1.807, 2.05) is 6.07 Å². The lowest BCUT2D eigenvalue weighted by molar-refractivity contribution is -0.163. The van der Waals surface area contributed by atoms with Gasteiger partial charge in [-0.1, -0.05) is 0 Å². The number of hydrogen-bond acceptors (Lipinski definition) is 5. The minimum Gasteiger partial charge on any atom is -0.353 e. The lowest BCUT2D eigenvalue weighted by Crippen LogP contribution is -2.27. The zero-order valence-corrected chi connectivity index (χ0v) is 12.2. The first-order valence-corrected chi connectivity index (χ1v) is 7.40. The van der Waals surface area contributed by atoms with E-state index in [4.69, 9.17) is 14.7 Å². The normalized spacial score (nSPS) is 18.2. The van der Waals surface area contributed by atoms with E-state index in [0.29, 0.717) is 29.6 Å². The third-order valence-electron chi connectivity index (χ3n) is 3.73. The molecule has 0 saturated carbocycles. The van der Waals surface area contributed by atoms with Crippen LogP contribution in [-0.4, -0.2) is 29.1 Å². The molecule has 1 unspecified atom stereocenters. The zero-order chi connectivity index (χ0) is 15.4. The van der Waals surface area contributed by atoms with Crippen LogP contribution < -0.4 is 5.56 Å². The standard InChI is InChI=1S/C16H17N3O3/c17-10-12-4-5-13-14(9-12)18-11-19(16(13)20)6-8-22-15-3-1-2-7-21-15/h4-5,9,11,15H,1-3,6-8H2. The third-order valence-corrected chi connectivity index (χ3v) is 3.73. The summed E-state index contributed by atoms with van der Waals surface area (Å²) in [4.78, 5) is 16.6. The highest BCUT2D eigenvalue weighted by molar-refractivity contribution is 5.78. The molecule has 22 heavy (non-hydrogen) atoms. The van der Waals surface area contributed by atoms with Crippen molar-refractivity contribution in [3.63, 3.8) is 0 Å². The monoisotopic (exact) mass is 299 g/mol. The van der Waals surface area contributed by atoms with E-state index in [-0.39, 0.29) is 11.8 Å². The van der Waals surface area contributed by atoms with E-state index in [0.717, 1.165) is 25.9 Å². The van der Waals surface area contributed by atoms with Gasteiger partial charge in [0.05, 0.1) is 42.0 Å². The van der Waals surface area contributed by atoms with Crippen LogP contribution >= 0.6 is 0 Å². The second kappa shape index (κ2) is 6.69. The summed E-state index contributed by atoms with van der Waals surface area (Å²) in [5.74, 6) is 0. The maximum absolute atomic E-state index is 12.4. The molecule has 6 nitrogen and oxygen atoms in total. The molecule has 1 aliphatic rings. The smallest absolute Gasteiger partial charge is 0.261 e. The third kappa shape index (κ3) is 3.16. The van der Waals surface area contributed by atoms with Crippen LogP contribution in [0.4, 0.5) is 0 Å². The van der Waals surface area contributed by atoms with E-state index in [9.17, 15) is 4.79 Å². The predicted octanol–water partition coefficient (Wildman–Crippen LogP) is 1.81. The number of fused-ring (bicyclic) bond motifs is 1. The Bertz CT molecular complexity index is 757. The van der Waals surface area contributed by atoms with Gasteiger partial charge in [-0.3, -0.25) is 9.36 Å². The first-order chi connectivity index (χ1) is 10.8. The van der Waals surface area contributed by atoms with Crippen LogP contribution in [0.1, 0.15) is 24.8 Å². The van der Waals surface area contributed by atoms with Crippen LogP contribution in [0.5, 0.6) is 0 Å². The Morgan fingerprint density at radius 2 is 2.36 bits per heavy atom. The average molecular weight is 299 g/mol. The minimum absolute atomic E-state index is 0.123. The quantitative estimate of drug-likeness (QED) is 0.860. The molecule has 1 atom stereocenters. The van der Waals surface area contributed by atoms with Crippen molar-refractivity contribution in [2.75, 3.05) is 13.2 Å². The largest absolute Gasteiger partial charge is 0.353 e. The molecule has 0 bridgehead atoms. The Hall–Kier alpha value is -2.23. The molecule has 1 fully saturated rings. The number of ether oxygens (including phenoxy) is 2. The Kier molecular flexibility index (Phi) is 4.47. The Labute approximate surface area is 127 Å². The van der Waals surface area contributed by atoms with Crippen molar-refractivity contribution >= 4 is 10.9 Å². The summed E-state index contributed by atoms with van der Waals surface area (Å²) >= 11 is 0. The van der Waals surface area contributed by atoms with Crippen LogP contribution in [-0.2, 0) is 16.0 Å². The molecule has 1 aromatic carbocycles. The van der Waals surface area contributed by atoms with Crippen molar-refractivity contribution in [3.8, 4) is 6.07 Å². The highest BCUT2D eigenvalue weighted by Crippen LogP contribution is 2.13. The van der Waals surface area contributed by atoms with Gasteiger partial charge < -0.3 is 9.47 Å². The van der Waals surface area contributed by atoms with Crippen molar-refractivity contribution in [3.05, 3.63) is 40.4 Å². The summed E-state index contributed by atoms with van der Waals surface area (Å²) in [7, 11) is 0. The molecule has 114 valence electrons. The van der Waals surface area contributed by atoms with Gasteiger partial charge in [-0.05, 0) is 37.5 Å². The lowest BCUT2D eigenvalue weighted by Gasteiger charge is -2.22. The van der Waals surface area contributed by atoms with Gasteiger partial charge in [-0.25, -0.2) is 4.98 Å². The first kappa shape index (κ1) is 14.7. The molecule has 2 heterocycles. The first-order valence-electron chi connectivity index (χ1n) is 7.40. The van der Waals surface area contributed by atoms with Crippen LogP contribution in [0.15, 0.2) is 29.3 Å². The van der Waals surface area contributed by atoms with Crippen molar-refractivity contribution in [2.24, 2.45) is 0 Å². The van der Waals surface area contributed by atoms with Gasteiger partial charge >= 0.3 is 0 Å². The molecular weight excluding hydrogens is 282 g/mol. The number of benzene rings is 1. The molecule has 1 saturated heterocycles. The summed E-state index contributed by atoms with van der Waals surface area (Å²) in [5.41, 5.74) is 0.911. The molecular formula is C16H17N3O3. The molecule has 1 aliphatic heterocycles. The lowest BCUT2D eigenvalue weighted by atomic mass is 10.2. The summed E-state index contributed by atoms with van der Waals surface area (Å²) in [5, 5.41) is 9.38. The summed E-state index contributed by atoms with van der Waals surface area (Å²) in [6, 6.07) is 6.93. The molecule has 0 aliphatic carbocycles. The summed E-state index contributed by atoms with van der Waals surface area (Å²) in [6.45, 7) is 1.58. The van der Waals surface area contributed by atoms with Crippen molar-refractivity contribution < 1.29 is 9.47 Å². The van der Waals surface area contributed by atoms with Crippen molar-refractivity contribution in [1.82, 2.24) is 9.55 Å². The fourth-order valence-corrected chi connectivity index (χ4v) is 2.51. The second-order valence-corrected chi connectivity index (χ2v) is 5.25. The van der Waals surface area contributed by atoms with Crippen molar-refractivity contribution in [2.45, 2.75) is 32.1 Å². The maximum Gasteiger partial charge on any atom is 0.261 e. The average Bonchev–Trinajstić information content (AvgIpc) is 2.57. The molecule has 0 radical (unpaired) electrons. The van der Waals surface area contributed by atoms with E-state index in [1.54, 1.807) is 18.2 Å². The number of aromatic nitrogens is 2. The van der Waals surface area contributed by atoms with E-state index >= 15 is 0 Å². The SMILES string of the molecule is N#Cc1ccc2c(=O)n(CCOC3CCCCO3)cnc2c1. The number of nitriles is 1. The second-order valence-electron chi connectivity index (χ2n) is 5.25. The van der Waals surface area contributed by atoms with Crippen LogP contribution in [0.25, 0.3) is 10.9 Å².